The predicted octanol–water partition coefficient (Wildman–Crippen LogP) is 2.22. The standard InChI is InChI=1S/C16H20N2O2.CO2/c1-10-9-13(17)16-14(18-10)3-2-4-15(16)20-12-7-5-11(19)6-8-12;2-1-3/h2-4,9,11-12,19H,5-8H2,1H3,(H2,17,18);. The zero-order valence-electron chi connectivity index (χ0n) is 13.0. The number of aryl methyl sites for hydroxylation is 1. The molecule has 1 heterocycles. The first-order valence-corrected chi connectivity index (χ1v) is 7.55. The van der Waals surface area contributed by atoms with Gasteiger partial charge in [-0.2, -0.15) is 9.59 Å². The summed E-state index contributed by atoms with van der Waals surface area (Å²) in [6, 6.07) is 7.72. The van der Waals surface area contributed by atoms with E-state index in [2.05, 4.69) is 4.98 Å². The normalized spacial score (nSPS) is 20.3. The Morgan fingerprint density at radius 3 is 2.57 bits per heavy atom. The molecule has 2 aromatic rings. The molecule has 1 saturated carbocycles. The number of hydrogen-bond acceptors (Lipinski definition) is 6. The van der Waals surface area contributed by atoms with Crippen molar-refractivity contribution in [1.82, 2.24) is 4.98 Å². The largest absolute Gasteiger partial charge is 0.490 e. The van der Waals surface area contributed by atoms with Gasteiger partial charge in [-0.25, -0.2) is 0 Å². The Hall–Kier alpha value is -2.43. The van der Waals surface area contributed by atoms with Gasteiger partial charge in [0.25, 0.3) is 0 Å². The molecular formula is C17H20N2O4. The number of anilines is 1. The number of aliphatic hydroxyl groups excluding tert-OH is 1. The van der Waals surface area contributed by atoms with Crippen LogP contribution in [0.15, 0.2) is 24.3 Å². The van der Waals surface area contributed by atoms with E-state index >= 15 is 0 Å². The second-order valence-corrected chi connectivity index (χ2v) is 5.63. The minimum absolute atomic E-state index is 0.157. The lowest BCUT2D eigenvalue weighted by molar-refractivity contribution is -0.191. The van der Waals surface area contributed by atoms with Crippen LogP contribution in [0.3, 0.4) is 0 Å². The quantitative estimate of drug-likeness (QED) is 0.880. The topological polar surface area (TPSA) is 103 Å². The Labute approximate surface area is 134 Å². The van der Waals surface area contributed by atoms with E-state index in [4.69, 9.17) is 20.1 Å². The predicted molar refractivity (Wildman–Crippen MR) is 84.8 cm³/mol. The Morgan fingerprint density at radius 2 is 1.91 bits per heavy atom. The van der Waals surface area contributed by atoms with Gasteiger partial charge in [0.1, 0.15) is 5.75 Å². The van der Waals surface area contributed by atoms with Crippen LogP contribution in [0.5, 0.6) is 5.75 Å². The molecule has 23 heavy (non-hydrogen) atoms. The molecule has 1 aromatic carbocycles. The average Bonchev–Trinajstić information content (AvgIpc) is 2.50. The first-order chi connectivity index (χ1) is 11.0. The van der Waals surface area contributed by atoms with E-state index in [1.165, 1.54) is 0 Å². The monoisotopic (exact) mass is 316 g/mol. The van der Waals surface area contributed by atoms with E-state index in [0.29, 0.717) is 5.69 Å². The molecule has 0 saturated heterocycles. The van der Waals surface area contributed by atoms with Crippen LogP contribution in [0.4, 0.5) is 5.69 Å². The second-order valence-electron chi connectivity index (χ2n) is 5.63. The van der Waals surface area contributed by atoms with Gasteiger partial charge in [0.05, 0.1) is 23.1 Å². The smallest absolute Gasteiger partial charge is 0.373 e. The van der Waals surface area contributed by atoms with E-state index in [-0.39, 0.29) is 18.4 Å². The van der Waals surface area contributed by atoms with Crippen LogP contribution in [0, 0.1) is 6.92 Å². The van der Waals surface area contributed by atoms with Crippen molar-refractivity contribution in [3.05, 3.63) is 30.0 Å². The van der Waals surface area contributed by atoms with Crippen LogP contribution in [-0.2, 0) is 9.59 Å². The Kier molecular flexibility index (Phi) is 5.68. The van der Waals surface area contributed by atoms with Gasteiger partial charge in [-0.05, 0) is 50.8 Å². The van der Waals surface area contributed by atoms with Gasteiger partial charge in [0, 0.05) is 11.4 Å². The van der Waals surface area contributed by atoms with Gasteiger partial charge in [-0.3, -0.25) is 4.98 Å². The number of fused-ring (bicyclic) bond motifs is 1. The summed E-state index contributed by atoms with van der Waals surface area (Å²) >= 11 is 0. The summed E-state index contributed by atoms with van der Waals surface area (Å²) in [4.78, 5) is 20.8. The van der Waals surface area contributed by atoms with Crippen molar-refractivity contribution in [2.75, 3.05) is 5.73 Å². The third kappa shape index (κ3) is 4.28. The number of pyridine rings is 1. The van der Waals surface area contributed by atoms with Crippen molar-refractivity contribution in [2.45, 2.75) is 44.8 Å². The molecule has 0 spiro atoms. The number of aliphatic hydroxyl groups is 1. The number of aromatic nitrogens is 1. The zero-order valence-corrected chi connectivity index (χ0v) is 13.0. The van der Waals surface area contributed by atoms with Crippen LogP contribution in [-0.4, -0.2) is 28.4 Å². The fourth-order valence-corrected chi connectivity index (χ4v) is 2.86. The van der Waals surface area contributed by atoms with Crippen LogP contribution in [0.1, 0.15) is 31.4 Å². The molecule has 0 aliphatic heterocycles. The van der Waals surface area contributed by atoms with Crippen LogP contribution in [0.25, 0.3) is 10.9 Å². The van der Waals surface area contributed by atoms with Crippen LogP contribution < -0.4 is 10.5 Å². The third-order valence-corrected chi connectivity index (χ3v) is 3.89. The first kappa shape index (κ1) is 16.9. The lowest BCUT2D eigenvalue weighted by Crippen LogP contribution is -2.26. The Balaban J connectivity index is 0.000000595. The highest BCUT2D eigenvalue weighted by Crippen LogP contribution is 2.33. The number of benzene rings is 1. The number of nitrogens with zero attached hydrogens (tertiary/aromatic N) is 1. The summed E-state index contributed by atoms with van der Waals surface area (Å²) in [5, 5.41) is 10.4. The summed E-state index contributed by atoms with van der Waals surface area (Å²) in [6.07, 6.45) is 3.62. The van der Waals surface area contributed by atoms with Crippen molar-refractivity contribution in [3.8, 4) is 5.75 Å². The van der Waals surface area contributed by atoms with Crippen molar-refractivity contribution in [3.63, 3.8) is 0 Å². The molecule has 3 N–H and O–H groups in total. The van der Waals surface area contributed by atoms with Crippen molar-refractivity contribution in [1.29, 1.82) is 0 Å². The molecule has 6 heteroatoms. The van der Waals surface area contributed by atoms with Crippen LogP contribution >= 0.6 is 0 Å². The van der Waals surface area contributed by atoms with E-state index in [1.807, 2.05) is 31.2 Å². The van der Waals surface area contributed by atoms with Crippen molar-refractivity contribution >= 4 is 22.7 Å². The molecule has 0 unspecified atom stereocenters. The SMILES string of the molecule is Cc1cc(N)c2c(OC3CCC(O)CC3)cccc2n1.O=C=O. The Bertz CT molecular complexity index is 703. The number of ether oxygens (including phenoxy) is 1. The van der Waals surface area contributed by atoms with Crippen molar-refractivity contribution in [2.24, 2.45) is 0 Å². The Morgan fingerprint density at radius 1 is 1.26 bits per heavy atom. The van der Waals surface area contributed by atoms with E-state index in [9.17, 15) is 5.11 Å². The minimum atomic E-state index is -0.170. The van der Waals surface area contributed by atoms with E-state index < -0.39 is 0 Å². The summed E-state index contributed by atoms with van der Waals surface area (Å²) in [7, 11) is 0. The fraction of sp³-hybridized carbons (Fsp3) is 0.412. The van der Waals surface area contributed by atoms with Gasteiger partial charge in [0.2, 0.25) is 0 Å². The van der Waals surface area contributed by atoms with Gasteiger partial charge in [-0.1, -0.05) is 6.07 Å². The number of nitrogen functional groups attached to an aromatic ring is 1. The lowest BCUT2D eigenvalue weighted by Gasteiger charge is -2.26. The van der Waals surface area contributed by atoms with Gasteiger partial charge >= 0.3 is 6.15 Å². The minimum Gasteiger partial charge on any atom is -0.490 e. The highest BCUT2D eigenvalue weighted by molar-refractivity contribution is 5.95. The van der Waals surface area contributed by atoms with Gasteiger partial charge < -0.3 is 15.6 Å². The lowest BCUT2D eigenvalue weighted by atomic mass is 9.95. The third-order valence-electron chi connectivity index (χ3n) is 3.89. The van der Waals surface area contributed by atoms with E-state index in [0.717, 1.165) is 48.0 Å². The molecule has 122 valence electrons. The molecule has 0 radical (unpaired) electrons. The first-order valence-electron chi connectivity index (χ1n) is 7.55. The molecule has 1 fully saturated rings. The molecule has 1 aliphatic rings. The highest BCUT2D eigenvalue weighted by atomic mass is 16.5. The maximum atomic E-state index is 9.55. The number of carbonyl (C=O) groups excluding carboxylic acids is 2. The van der Waals surface area contributed by atoms with Gasteiger partial charge in [-0.15, -0.1) is 0 Å². The maximum absolute atomic E-state index is 9.55. The fourth-order valence-electron chi connectivity index (χ4n) is 2.86. The molecule has 6 nitrogen and oxygen atoms in total. The molecule has 0 atom stereocenters. The highest BCUT2D eigenvalue weighted by Gasteiger charge is 2.21. The van der Waals surface area contributed by atoms with Crippen LogP contribution in [0.2, 0.25) is 0 Å². The summed E-state index contributed by atoms with van der Waals surface area (Å²) in [6.45, 7) is 1.94. The molecule has 0 amide bonds. The van der Waals surface area contributed by atoms with Gasteiger partial charge in [0.15, 0.2) is 0 Å². The number of nitrogens with two attached hydrogens (primary N) is 1. The molecule has 3 rings (SSSR count). The second kappa shape index (κ2) is 7.72. The summed E-state index contributed by atoms with van der Waals surface area (Å²) in [5.41, 5.74) is 8.61. The zero-order chi connectivity index (χ0) is 16.8. The summed E-state index contributed by atoms with van der Waals surface area (Å²) < 4.78 is 6.11. The van der Waals surface area contributed by atoms with Crippen molar-refractivity contribution < 1.29 is 19.4 Å². The molecular weight excluding hydrogens is 296 g/mol. The molecule has 0 bridgehead atoms. The van der Waals surface area contributed by atoms with E-state index in [1.54, 1.807) is 0 Å². The molecule has 1 aromatic heterocycles. The average molecular weight is 316 g/mol. The number of rotatable bonds is 2. The molecule has 1 aliphatic carbocycles. The number of hydrogen-bond donors (Lipinski definition) is 2. The maximum Gasteiger partial charge on any atom is 0.373 e. The summed E-state index contributed by atoms with van der Waals surface area (Å²) in [5.74, 6) is 0.800.